The van der Waals surface area contributed by atoms with Crippen LogP contribution in [0.5, 0.6) is 0 Å². The van der Waals surface area contributed by atoms with E-state index in [-0.39, 0.29) is 12.0 Å². The van der Waals surface area contributed by atoms with Crippen LogP contribution in [0.25, 0.3) is 0 Å². The summed E-state index contributed by atoms with van der Waals surface area (Å²) in [4.78, 5) is 13.8. The molecule has 0 bridgehead atoms. The van der Waals surface area contributed by atoms with E-state index in [0.717, 1.165) is 24.8 Å². The highest BCUT2D eigenvalue weighted by Gasteiger charge is 2.40. The minimum absolute atomic E-state index is 0.0526. The lowest BCUT2D eigenvalue weighted by molar-refractivity contribution is 0.0545. The number of fused-ring (bicyclic) bond motifs is 1. The molecule has 1 amide bonds. The van der Waals surface area contributed by atoms with E-state index in [2.05, 4.69) is 30.3 Å². The highest BCUT2D eigenvalue weighted by molar-refractivity contribution is 5.67. The van der Waals surface area contributed by atoms with Gasteiger partial charge in [0.1, 0.15) is 0 Å². The minimum atomic E-state index is -0.844. The van der Waals surface area contributed by atoms with Crippen molar-refractivity contribution < 1.29 is 9.90 Å². The monoisotopic (exact) mass is 366 g/mol. The molecule has 0 aromatic heterocycles. The first-order chi connectivity index (χ1) is 12.8. The van der Waals surface area contributed by atoms with Crippen molar-refractivity contribution in [2.45, 2.75) is 64.1 Å². The van der Waals surface area contributed by atoms with Gasteiger partial charge in [-0.2, -0.15) is 0 Å². The Balaban J connectivity index is 2.07. The number of nitrogens with two attached hydrogens (primary N) is 1. The second-order valence-corrected chi connectivity index (χ2v) is 8.46. The molecule has 3 rings (SSSR count). The molecule has 0 fully saturated rings. The van der Waals surface area contributed by atoms with Crippen molar-refractivity contribution >= 4 is 6.09 Å². The Morgan fingerprint density at radius 1 is 1.15 bits per heavy atom. The molecule has 2 atom stereocenters. The van der Waals surface area contributed by atoms with Gasteiger partial charge in [-0.1, -0.05) is 48.5 Å². The molecule has 2 unspecified atom stereocenters. The van der Waals surface area contributed by atoms with Gasteiger partial charge in [0.05, 0.1) is 0 Å². The van der Waals surface area contributed by atoms with E-state index in [0.29, 0.717) is 6.54 Å². The van der Waals surface area contributed by atoms with Crippen LogP contribution in [0.4, 0.5) is 4.79 Å². The molecule has 2 aromatic carbocycles. The largest absolute Gasteiger partial charge is 0.465 e. The van der Waals surface area contributed by atoms with E-state index < -0.39 is 11.6 Å². The number of rotatable bonds is 4. The van der Waals surface area contributed by atoms with Crippen LogP contribution in [0.2, 0.25) is 0 Å². The molecule has 1 aliphatic carbocycles. The van der Waals surface area contributed by atoms with Crippen LogP contribution in [-0.4, -0.2) is 27.7 Å². The van der Waals surface area contributed by atoms with E-state index in [1.165, 1.54) is 16.7 Å². The molecule has 0 aliphatic heterocycles. The first kappa shape index (κ1) is 19.4. The number of benzene rings is 2. The molecule has 0 heterocycles. The Morgan fingerprint density at radius 3 is 2.44 bits per heavy atom. The van der Waals surface area contributed by atoms with Gasteiger partial charge in [0.2, 0.25) is 0 Å². The van der Waals surface area contributed by atoms with Crippen LogP contribution < -0.4 is 5.73 Å². The first-order valence-electron chi connectivity index (χ1n) is 9.69. The van der Waals surface area contributed by atoms with E-state index in [9.17, 15) is 9.90 Å². The average molecular weight is 367 g/mol. The summed E-state index contributed by atoms with van der Waals surface area (Å²) in [7, 11) is 0. The zero-order valence-electron chi connectivity index (χ0n) is 16.5. The maximum Gasteiger partial charge on any atom is 0.408 e. The Hall–Kier alpha value is -2.33. The molecule has 0 saturated heterocycles. The van der Waals surface area contributed by atoms with E-state index in [4.69, 9.17) is 5.73 Å². The summed E-state index contributed by atoms with van der Waals surface area (Å²) in [5.41, 5.74) is 10.4. The second-order valence-electron chi connectivity index (χ2n) is 8.46. The fourth-order valence-electron chi connectivity index (χ4n) is 4.41. The standard InChI is InChI=1S/C23H30N2O2/c1-23(2,3)25(22(26)27)21-12-11-18-10-9-17(15-24)14-19(18)20(21)13-16-7-5-4-6-8-16/h4-10,14,20-21H,11-13,15,24H2,1-3H3,(H,26,27). The average Bonchev–Trinajstić information content (AvgIpc) is 2.62. The molecule has 144 valence electrons. The summed E-state index contributed by atoms with van der Waals surface area (Å²) in [6.07, 6.45) is 1.72. The van der Waals surface area contributed by atoms with E-state index in [1.54, 1.807) is 4.90 Å². The van der Waals surface area contributed by atoms with Gasteiger partial charge in [0, 0.05) is 24.0 Å². The Kier molecular flexibility index (Phi) is 5.56. The fourth-order valence-corrected chi connectivity index (χ4v) is 4.41. The van der Waals surface area contributed by atoms with Gasteiger partial charge in [0.25, 0.3) is 0 Å². The molecular formula is C23H30N2O2. The van der Waals surface area contributed by atoms with E-state index >= 15 is 0 Å². The summed E-state index contributed by atoms with van der Waals surface area (Å²) in [5.74, 6) is 0.123. The van der Waals surface area contributed by atoms with Crippen molar-refractivity contribution in [1.29, 1.82) is 0 Å². The van der Waals surface area contributed by atoms with E-state index in [1.807, 2.05) is 39.0 Å². The van der Waals surface area contributed by atoms with Crippen molar-refractivity contribution in [1.82, 2.24) is 4.90 Å². The number of carboxylic acid groups (broad SMARTS) is 1. The van der Waals surface area contributed by atoms with Gasteiger partial charge in [-0.3, -0.25) is 4.90 Å². The zero-order chi connectivity index (χ0) is 19.6. The fraction of sp³-hybridized carbons (Fsp3) is 0.435. The topological polar surface area (TPSA) is 66.6 Å². The van der Waals surface area contributed by atoms with Gasteiger partial charge < -0.3 is 10.8 Å². The minimum Gasteiger partial charge on any atom is -0.465 e. The lowest BCUT2D eigenvalue weighted by Crippen LogP contribution is -2.54. The maximum atomic E-state index is 12.2. The SMILES string of the molecule is CC(C)(C)N(C(=O)O)C1CCc2ccc(CN)cc2C1Cc1ccccc1. The normalized spacial score (nSPS) is 19.4. The molecule has 0 radical (unpaired) electrons. The second kappa shape index (κ2) is 7.73. The maximum absolute atomic E-state index is 12.2. The summed E-state index contributed by atoms with van der Waals surface area (Å²) >= 11 is 0. The molecule has 2 aromatic rings. The molecule has 3 N–H and O–H groups in total. The van der Waals surface area contributed by atoms with Crippen LogP contribution in [-0.2, 0) is 19.4 Å². The predicted octanol–water partition coefficient (Wildman–Crippen LogP) is 4.56. The van der Waals surface area contributed by atoms with Gasteiger partial charge in [0.15, 0.2) is 0 Å². The molecule has 4 heteroatoms. The third-order valence-electron chi connectivity index (χ3n) is 5.58. The smallest absolute Gasteiger partial charge is 0.408 e. The predicted molar refractivity (Wildman–Crippen MR) is 109 cm³/mol. The lowest BCUT2D eigenvalue weighted by atomic mass is 9.74. The van der Waals surface area contributed by atoms with Gasteiger partial charge in [-0.15, -0.1) is 0 Å². The van der Waals surface area contributed by atoms with Crippen molar-refractivity contribution in [3.8, 4) is 0 Å². The van der Waals surface area contributed by atoms with Gasteiger partial charge in [-0.25, -0.2) is 4.79 Å². The highest BCUT2D eigenvalue weighted by atomic mass is 16.4. The summed E-state index contributed by atoms with van der Waals surface area (Å²) in [5, 5.41) is 10.00. The van der Waals surface area contributed by atoms with Gasteiger partial charge >= 0.3 is 6.09 Å². The highest BCUT2D eigenvalue weighted by Crippen LogP contribution is 2.40. The Morgan fingerprint density at radius 2 is 1.85 bits per heavy atom. The van der Waals surface area contributed by atoms with Crippen LogP contribution in [0, 0.1) is 0 Å². The molecule has 0 saturated carbocycles. The number of hydrogen-bond acceptors (Lipinski definition) is 2. The van der Waals surface area contributed by atoms with Crippen molar-refractivity contribution in [3.05, 3.63) is 70.8 Å². The molecule has 4 nitrogen and oxygen atoms in total. The Labute approximate surface area is 162 Å². The third kappa shape index (κ3) is 4.16. The third-order valence-corrected chi connectivity index (χ3v) is 5.58. The summed E-state index contributed by atoms with van der Waals surface area (Å²) in [6, 6.07) is 16.8. The number of amides is 1. The molecule has 1 aliphatic rings. The van der Waals surface area contributed by atoms with Crippen molar-refractivity contribution in [2.75, 3.05) is 0 Å². The quantitative estimate of drug-likeness (QED) is 0.833. The van der Waals surface area contributed by atoms with Gasteiger partial charge in [-0.05, 0) is 62.3 Å². The Bertz CT molecular complexity index is 796. The van der Waals surface area contributed by atoms with Crippen LogP contribution >= 0.6 is 0 Å². The summed E-state index contributed by atoms with van der Waals surface area (Å²) in [6.45, 7) is 6.43. The molecule has 27 heavy (non-hydrogen) atoms. The number of aryl methyl sites for hydroxylation is 1. The van der Waals surface area contributed by atoms with Crippen molar-refractivity contribution in [3.63, 3.8) is 0 Å². The first-order valence-corrected chi connectivity index (χ1v) is 9.69. The molecule has 0 spiro atoms. The van der Waals surface area contributed by atoms with Crippen LogP contribution in [0.1, 0.15) is 55.4 Å². The lowest BCUT2D eigenvalue weighted by Gasteiger charge is -2.46. The van der Waals surface area contributed by atoms with Crippen LogP contribution in [0.15, 0.2) is 48.5 Å². The summed E-state index contributed by atoms with van der Waals surface area (Å²) < 4.78 is 0. The van der Waals surface area contributed by atoms with Crippen LogP contribution in [0.3, 0.4) is 0 Å². The number of nitrogens with zero attached hydrogens (tertiary/aromatic N) is 1. The number of carbonyl (C=O) groups is 1. The zero-order valence-corrected chi connectivity index (χ0v) is 16.5. The molecular weight excluding hydrogens is 336 g/mol. The number of hydrogen-bond donors (Lipinski definition) is 2. The van der Waals surface area contributed by atoms with Crippen molar-refractivity contribution in [2.24, 2.45) is 5.73 Å².